The fraction of sp³-hybridized carbons (Fsp3) is 0.381. The summed E-state index contributed by atoms with van der Waals surface area (Å²) in [4.78, 5) is 20.3. The molecule has 8 heteroatoms. The van der Waals surface area contributed by atoms with Gasteiger partial charge in [-0.25, -0.2) is 4.98 Å². The Bertz CT molecular complexity index is 1060. The second-order valence-corrected chi connectivity index (χ2v) is 8.15. The first-order chi connectivity index (χ1) is 14.1. The van der Waals surface area contributed by atoms with E-state index >= 15 is 0 Å². The number of thioether (sulfide) groups is 1. The fourth-order valence-corrected chi connectivity index (χ4v) is 4.34. The molecule has 0 spiro atoms. The van der Waals surface area contributed by atoms with E-state index in [0.29, 0.717) is 23.1 Å². The highest BCUT2D eigenvalue weighted by Crippen LogP contribution is 2.29. The lowest BCUT2D eigenvalue weighted by atomic mass is 10.2. The van der Waals surface area contributed by atoms with Gasteiger partial charge in [-0.05, 0) is 44.4 Å². The van der Waals surface area contributed by atoms with Crippen LogP contribution < -0.4 is 5.32 Å². The van der Waals surface area contributed by atoms with Gasteiger partial charge in [0.25, 0.3) is 0 Å². The van der Waals surface area contributed by atoms with Crippen molar-refractivity contribution in [2.45, 2.75) is 44.5 Å². The minimum absolute atomic E-state index is 0.118. The topological polar surface area (TPSA) is 95.7 Å². The highest BCUT2D eigenvalue weighted by molar-refractivity contribution is 7.99. The number of anilines is 1. The van der Waals surface area contributed by atoms with E-state index in [9.17, 15) is 10.1 Å². The molecule has 0 saturated carbocycles. The number of aromatic amines is 1. The molecular formula is C21H23N5O2S. The minimum atomic E-state index is -0.168. The van der Waals surface area contributed by atoms with Crippen LogP contribution in [0.5, 0.6) is 0 Å². The molecule has 1 amide bonds. The Morgan fingerprint density at radius 3 is 3.00 bits per heavy atom. The van der Waals surface area contributed by atoms with E-state index in [1.54, 1.807) is 0 Å². The molecule has 1 atom stereocenters. The van der Waals surface area contributed by atoms with Crippen LogP contribution in [0, 0.1) is 25.2 Å². The lowest BCUT2D eigenvalue weighted by Crippen LogP contribution is -2.22. The van der Waals surface area contributed by atoms with Crippen molar-refractivity contribution in [3.8, 4) is 6.07 Å². The number of hydrogen-bond donors (Lipinski definition) is 2. The third-order valence-electron chi connectivity index (χ3n) is 5.32. The SMILES string of the molecule is Cc1c(C#N)c(NC(=O)CSc2nc3ccccc3[nH]2)n(C[C@@H]2CCCO2)c1C. The number of rotatable bonds is 6. The maximum atomic E-state index is 12.7. The number of para-hydroxylation sites is 2. The number of amides is 1. The first-order valence-corrected chi connectivity index (χ1v) is 10.6. The van der Waals surface area contributed by atoms with E-state index in [2.05, 4.69) is 21.4 Å². The second kappa shape index (κ2) is 8.31. The van der Waals surface area contributed by atoms with Crippen molar-refractivity contribution in [1.29, 1.82) is 5.26 Å². The molecule has 1 aromatic carbocycles. The molecule has 0 aliphatic carbocycles. The number of imidazole rings is 1. The predicted octanol–water partition coefficient (Wildman–Crippen LogP) is 3.76. The molecule has 1 fully saturated rings. The summed E-state index contributed by atoms with van der Waals surface area (Å²) in [7, 11) is 0. The van der Waals surface area contributed by atoms with Crippen LogP contribution in [-0.2, 0) is 16.1 Å². The molecule has 3 aromatic rings. The summed E-state index contributed by atoms with van der Waals surface area (Å²) in [6.45, 7) is 5.30. The number of carbonyl (C=O) groups is 1. The van der Waals surface area contributed by atoms with Crippen LogP contribution in [0.25, 0.3) is 11.0 Å². The Labute approximate surface area is 173 Å². The molecule has 1 saturated heterocycles. The lowest BCUT2D eigenvalue weighted by molar-refractivity contribution is -0.113. The van der Waals surface area contributed by atoms with Gasteiger partial charge in [0.2, 0.25) is 5.91 Å². The maximum Gasteiger partial charge on any atom is 0.235 e. The number of nitrogens with one attached hydrogen (secondary N) is 2. The fourth-order valence-electron chi connectivity index (χ4n) is 3.65. The van der Waals surface area contributed by atoms with Gasteiger partial charge in [-0.2, -0.15) is 5.26 Å². The molecule has 0 unspecified atom stereocenters. The summed E-state index contributed by atoms with van der Waals surface area (Å²) in [5.74, 6) is 0.597. The van der Waals surface area contributed by atoms with E-state index in [4.69, 9.17) is 4.74 Å². The van der Waals surface area contributed by atoms with Crippen molar-refractivity contribution >= 4 is 34.5 Å². The van der Waals surface area contributed by atoms with Gasteiger partial charge >= 0.3 is 0 Å². The van der Waals surface area contributed by atoms with Crippen LogP contribution >= 0.6 is 11.8 Å². The van der Waals surface area contributed by atoms with Crippen molar-refractivity contribution < 1.29 is 9.53 Å². The van der Waals surface area contributed by atoms with E-state index in [-0.39, 0.29) is 17.8 Å². The first-order valence-electron chi connectivity index (χ1n) is 9.65. The van der Waals surface area contributed by atoms with Crippen LogP contribution in [0.3, 0.4) is 0 Å². The zero-order valence-electron chi connectivity index (χ0n) is 16.5. The van der Waals surface area contributed by atoms with E-state index in [1.807, 2.05) is 42.7 Å². The van der Waals surface area contributed by atoms with E-state index < -0.39 is 0 Å². The van der Waals surface area contributed by atoms with Crippen molar-refractivity contribution in [3.63, 3.8) is 0 Å². The third kappa shape index (κ3) is 4.02. The number of benzene rings is 1. The molecule has 2 aromatic heterocycles. The van der Waals surface area contributed by atoms with Crippen molar-refractivity contribution in [2.75, 3.05) is 17.7 Å². The summed E-state index contributed by atoms with van der Waals surface area (Å²) >= 11 is 1.34. The number of nitriles is 1. The minimum Gasteiger partial charge on any atom is -0.376 e. The highest BCUT2D eigenvalue weighted by atomic mass is 32.2. The summed E-state index contributed by atoms with van der Waals surface area (Å²) in [6.07, 6.45) is 2.16. The average molecular weight is 410 g/mol. The number of fused-ring (bicyclic) bond motifs is 1. The summed E-state index contributed by atoms with van der Waals surface area (Å²) < 4.78 is 7.76. The number of ether oxygens (including phenoxy) is 1. The highest BCUT2D eigenvalue weighted by Gasteiger charge is 2.24. The normalized spacial score (nSPS) is 16.2. The van der Waals surface area contributed by atoms with Crippen LogP contribution in [0.4, 0.5) is 5.82 Å². The molecular weight excluding hydrogens is 386 g/mol. The summed E-state index contributed by atoms with van der Waals surface area (Å²) in [5.41, 5.74) is 4.21. The lowest BCUT2D eigenvalue weighted by Gasteiger charge is -2.16. The van der Waals surface area contributed by atoms with Gasteiger partial charge < -0.3 is 19.6 Å². The number of hydrogen-bond acceptors (Lipinski definition) is 5. The van der Waals surface area contributed by atoms with Gasteiger partial charge in [0.05, 0.1) is 35.0 Å². The smallest absolute Gasteiger partial charge is 0.235 e. The van der Waals surface area contributed by atoms with Crippen molar-refractivity contribution in [3.05, 3.63) is 41.1 Å². The Hall–Kier alpha value is -2.76. The Morgan fingerprint density at radius 1 is 1.45 bits per heavy atom. The number of aromatic nitrogens is 3. The van der Waals surface area contributed by atoms with Gasteiger partial charge in [-0.1, -0.05) is 23.9 Å². The zero-order chi connectivity index (χ0) is 20.4. The standard InChI is InChI=1S/C21H23N5O2S/c1-13-14(2)26(11-15-6-5-9-28-15)20(16(13)10-22)25-19(27)12-29-21-23-17-7-3-4-8-18(17)24-21/h3-4,7-8,15H,5-6,9,11-12H2,1-2H3,(H,23,24)(H,25,27)/t15-/m0/s1. The van der Waals surface area contributed by atoms with Crippen LogP contribution in [0.15, 0.2) is 29.4 Å². The van der Waals surface area contributed by atoms with Crippen LogP contribution in [0.1, 0.15) is 29.7 Å². The monoisotopic (exact) mass is 409 g/mol. The van der Waals surface area contributed by atoms with Crippen LogP contribution in [0.2, 0.25) is 0 Å². The van der Waals surface area contributed by atoms with Gasteiger partial charge in [-0.15, -0.1) is 0 Å². The maximum absolute atomic E-state index is 12.7. The van der Waals surface area contributed by atoms with Crippen molar-refractivity contribution in [2.24, 2.45) is 0 Å². The van der Waals surface area contributed by atoms with Gasteiger partial charge in [0, 0.05) is 12.3 Å². The first kappa shape index (κ1) is 19.6. The van der Waals surface area contributed by atoms with Crippen molar-refractivity contribution in [1.82, 2.24) is 14.5 Å². The van der Waals surface area contributed by atoms with Gasteiger partial charge in [0.15, 0.2) is 5.16 Å². The number of H-pyrrole nitrogens is 1. The molecule has 1 aliphatic rings. The predicted molar refractivity (Wildman–Crippen MR) is 113 cm³/mol. The van der Waals surface area contributed by atoms with E-state index in [0.717, 1.165) is 41.7 Å². The van der Waals surface area contributed by atoms with Gasteiger partial charge in [0.1, 0.15) is 11.9 Å². The summed E-state index contributed by atoms with van der Waals surface area (Å²) in [5, 5.41) is 13.3. The Morgan fingerprint density at radius 2 is 2.28 bits per heavy atom. The Kier molecular flexibility index (Phi) is 5.60. The third-order valence-corrected chi connectivity index (χ3v) is 6.19. The number of nitrogens with zero attached hydrogens (tertiary/aromatic N) is 3. The molecule has 2 N–H and O–H groups in total. The number of carbonyl (C=O) groups excluding carboxylic acids is 1. The second-order valence-electron chi connectivity index (χ2n) is 7.19. The molecule has 29 heavy (non-hydrogen) atoms. The molecule has 0 bridgehead atoms. The molecule has 150 valence electrons. The van der Waals surface area contributed by atoms with Gasteiger partial charge in [-0.3, -0.25) is 4.79 Å². The molecule has 3 heterocycles. The molecule has 7 nitrogen and oxygen atoms in total. The quantitative estimate of drug-likeness (QED) is 0.604. The summed E-state index contributed by atoms with van der Waals surface area (Å²) in [6, 6.07) is 10.0. The molecule has 4 rings (SSSR count). The molecule has 0 radical (unpaired) electrons. The zero-order valence-corrected chi connectivity index (χ0v) is 17.3. The van der Waals surface area contributed by atoms with Crippen LogP contribution in [-0.4, -0.2) is 38.9 Å². The average Bonchev–Trinajstić information content (AvgIpc) is 3.42. The Balaban J connectivity index is 1.49. The van der Waals surface area contributed by atoms with E-state index in [1.165, 1.54) is 11.8 Å². The molecule has 1 aliphatic heterocycles. The largest absolute Gasteiger partial charge is 0.376 e.